The molecule has 1 aliphatic carbocycles. The molecular weight excluding hydrogens is 257 g/mol. The highest BCUT2D eigenvalue weighted by Crippen LogP contribution is 2.40. The quantitative estimate of drug-likeness (QED) is 0.715. The summed E-state index contributed by atoms with van der Waals surface area (Å²) in [5.74, 6) is 0.369. The Labute approximate surface area is 113 Å². The van der Waals surface area contributed by atoms with Gasteiger partial charge in [-0.3, -0.25) is 0 Å². The Morgan fingerprint density at radius 2 is 1.89 bits per heavy atom. The van der Waals surface area contributed by atoms with E-state index in [9.17, 15) is 18.3 Å². The van der Waals surface area contributed by atoms with Gasteiger partial charge in [0.2, 0.25) is 0 Å². The van der Waals surface area contributed by atoms with Gasteiger partial charge in [0.1, 0.15) is 0 Å². The third kappa shape index (κ3) is 5.67. The number of alkyl halides is 3. The number of nitrogens with zero attached hydrogens (tertiary/aromatic N) is 1. The minimum absolute atomic E-state index is 0.0300. The molecule has 0 spiro atoms. The van der Waals surface area contributed by atoms with Crippen molar-refractivity contribution in [1.82, 2.24) is 10.2 Å². The minimum Gasteiger partial charge on any atom is -0.394 e. The largest absolute Gasteiger partial charge is 0.394 e. The molecule has 19 heavy (non-hydrogen) atoms. The summed E-state index contributed by atoms with van der Waals surface area (Å²) in [5, 5.41) is 13.1. The monoisotopic (exact) mass is 282 g/mol. The number of halogens is 3. The summed E-state index contributed by atoms with van der Waals surface area (Å²) in [6, 6.07) is 0.198. The van der Waals surface area contributed by atoms with Crippen molar-refractivity contribution in [2.45, 2.75) is 50.9 Å². The molecule has 0 aromatic heterocycles. The van der Waals surface area contributed by atoms with Crippen molar-refractivity contribution >= 4 is 0 Å². The van der Waals surface area contributed by atoms with Gasteiger partial charge in [-0.15, -0.1) is 0 Å². The highest BCUT2D eigenvalue weighted by molar-refractivity contribution is 5.03. The minimum atomic E-state index is -4.12. The van der Waals surface area contributed by atoms with Crippen LogP contribution in [0, 0.1) is 5.92 Å². The second-order valence-electron chi connectivity index (χ2n) is 5.99. The van der Waals surface area contributed by atoms with Gasteiger partial charge >= 0.3 is 6.18 Å². The van der Waals surface area contributed by atoms with Crippen LogP contribution in [-0.2, 0) is 0 Å². The highest BCUT2D eigenvalue weighted by Gasteiger charge is 2.45. The molecule has 3 nitrogen and oxygen atoms in total. The van der Waals surface area contributed by atoms with Gasteiger partial charge in [0.15, 0.2) is 0 Å². The normalized spacial score (nSPS) is 20.1. The number of hydrogen-bond donors (Lipinski definition) is 2. The van der Waals surface area contributed by atoms with Crippen LogP contribution in [-0.4, -0.2) is 54.5 Å². The first-order valence-electron chi connectivity index (χ1n) is 6.82. The van der Waals surface area contributed by atoms with E-state index in [1.807, 2.05) is 13.8 Å². The van der Waals surface area contributed by atoms with Gasteiger partial charge < -0.3 is 15.3 Å². The molecule has 0 amide bonds. The molecule has 6 heteroatoms. The van der Waals surface area contributed by atoms with Gasteiger partial charge in [-0.1, -0.05) is 13.8 Å². The maximum absolute atomic E-state index is 12.2. The molecule has 0 radical (unpaired) electrons. The van der Waals surface area contributed by atoms with Crippen LogP contribution in [0.4, 0.5) is 13.2 Å². The van der Waals surface area contributed by atoms with Crippen LogP contribution in [0.15, 0.2) is 0 Å². The molecule has 0 aromatic carbocycles. The Hall–Kier alpha value is -0.330. The fourth-order valence-corrected chi connectivity index (χ4v) is 2.61. The summed E-state index contributed by atoms with van der Waals surface area (Å²) >= 11 is 0. The van der Waals surface area contributed by atoms with Gasteiger partial charge in [0, 0.05) is 19.1 Å². The lowest BCUT2D eigenvalue weighted by Crippen LogP contribution is -2.59. The molecule has 0 heterocycles. The summed E-state index contributed by atoms with van der Waals surface area (Å²) < 4.78 is 36.7. The average Bonchev–Trinajstić information content (AvgIpc) is 3.07. The van der Waals surface area contributed by atoms with Crippen LogP contribution in [0.2, 0.25) is 0 Å². The van der Waals surface area contributed by atoms with Gasteiger partial charge in [0.25, 0.3) is 0 Å². The van der Waals surface area contributed by atoms with Crippen molar-refractivity contribution in [2.24, 2.45) is 5.92 Å². The molecule has 1 fully saturated rings. The number of aliphatic hydroxyl groups excluding tert-OH is 1. The third-order valence-electron chi connectivity index (χ3n) is 3.55. The van der Waals surface area contributed by atoms with E-state index in [0.29, 0.717) is 12.5 Å². The Balaban J connectivity index is 2.56. The van der Waals surface area contributed by atoms with Crippen LogP contribution in [0.5, 0.6) is 0 Å². The van der Waals surface area contributed by atoms with Crippen molar-refractivity contribution in [2.75, 3.05) is 26.7 Å². The van der Waals surface area contributed by atoms with Crippen molar-refractivity contribution < 1.29 is 18.3 Å². The Bertz CT molecular complexity index is 280. The summed E-state index contributed by atoms with van der Waals surface area (Å²) in [7, 11) is 1.68. The van der Waals surface area contributed by atoms with Crippen LogP contribution >= 0.6 is 0 Å². The zero-order valence-electron chi connectivity index (χ0n) is 11.9. The maximum atomic E-state index is 12.2. The molecule has 114 valence electrons. The molecule has 2 N–H and O–H groups in total. The molecule has 1 unspecified atom stereocenters. The number of rotatable bonds is 8. The van der Waals surface area contributed by atoms with E-state index < -0.39 is 18.1 Å². The van der Waals surface area contributed by atoms with Gasteiger partial charge in [-0.2, -0.15) is 13.2 Å². The number of aliphatic hydroxyl groups is 1. The van der Waals surface area contributed by atoms with Crippen molar-refractivity contribution in [3.63, 3.8) is 0 Å². The molecular formula is C13H25F3N2O. The number of likely N-dealkylation sites (N-methyl/N-ethyl adjacent to an activating group) is 1. The molecule has 1 atom stereocenters. The van der Waals surface area contributed by atoms with Crippen LogP contribution in [0.1, 0.15) is 33.1 Å². The van der Waals surface area contributed by atoms with E-state index >= 15 is 0 Å². The SMILES string of the molecule is CC(C)NC(CO)(CN(C)CCC(F)(F)F)C1CC1. The van der Waals surface area contributed by atoms with Gasteiger partial charge in [-0.05, 0) is 25.8 Å². The molecule has 0 aliphatic heterocycles. The predicted molar refractivity (Wildman–Crippen MR) is 69.0 cm³/mol. The smallest absolute Gasteiger partial charge is 0.390 e. The second-order valence-corrected chi connectivity index (χ2v) is 5.99. The van der Waals surface area contributed by atoms with E-state index in [2.05, 4.69) is 5.32 Å². The fourth-order valence-electron chi connectivity index (χ4n) is 2.61. The maximum Gasteiger partial charge on any atom is 0.390 e. The molecule has 1 saturated carbocycles. The summed E-state index contributed by atoms with van der Waals surface area (Å²) in [4.78, 5) is 1.66. The molecule has 0 aromatic rings. The first-order chi connectivity index (χ1) is 8.68. The van der Waals surface area contributed by atoms with Crippen molar-refractivity contribution in [3.8, 4) is 0 Å². The first kappa shape index (κ1) is 16.7. The van der Waals surface area contributed by atoms with E-state index in [1.165, 1.54) is 0 Å². The lowest BCUT2D eigenvalue weighted by atomic mass is 9.92. The molecule has 1 aliphatic rings. The van der Waals surface area contributed by atoms with Crippen LogP contribution in [0.25, 0.3) is 0 Å². The fraction of sp³-hybridized carbons (Fsp3) is 1.00. The zero-order chi connectivity index (χ0) is 14.7. The van der Waals surface area contributed by atoms with E-state index in [-0.39, 0.29) is 19.2 Å². The average molecular weight is 282 g/mol. The summed E-state index contributed by atoms with van der Waals surface area (Å²) in [6.45, 7) is 4.36. The lowest BCUT2D eigenvalue weighted by molar-refractivity contribution is -0.138. The topological polar surface area (TPSA) is 35.5 Å². The lowest BCUT2D eigenvalue weighted by Gasteiger charge is -2.39. The zero-order valence-corrected chi connectivity index (χ0v) is 11.9. The van der Waals surface area contributed by atoms with Crippen LogP contribution < -0.4 is 5.32 Å². The predicted octanol–water partition coefficient (Wildman–Crippen LogP) is 2.01. The van der Waals surface area contributed by atoms with Gasteiger partial charge in [0.05, 0.1) is 18.6 Å². The van der Waals surface area contributed by atoms with Crippen molar-refractivity contribution in [3.05, 3.63) is 0 Å². The number of nitrogens with one attached hydrogen (secondary N) is 1. The Morgan fingerprint density at radius 3 is 2.26 bits per heavy atom. The first-order valence-corrected chi connectivity index (χ1v) is 6.82. The summed E-state index contributed by atoms with van der Waals surface area (Å²) in [6.07, 6.45) is -2.86. The van der Waals surface area contributed by atoms with E-state index in [0.717, 1.165) is 12.8 Å². The van der Waals surface area contributed by atoms with E-state index in [1.54, 1.807) is 11.9 Å². The Morgan fingerprint density at radius 1 is 1.32 bits per heavy atom. The molecule has 0 bridgehead atoms. The van der Waals surface area contributed by atoms with E-state index in [4.69, 9.17) is 0 Å². The standard InChI is InChI=1S/C13H25F3N2O/c1-10(2)17-12(9-19,11-4-5-11)8-18(3)7-6-13(14,15)16/h10-11,17,19H,4-9H2,1-3H3. The summed E-state index contributed by atoms with van der Waals surface area (Å²) in [5.41, 5.74) is -0.464. The number of hydrogen-bond acceptors (Lipinski definition) is 3. The second kappa shape index (κ2) is 6.41. The molecule has 0 saturated heterocycles. The molecule has 1 rings (SSSR count). The van der Waals surface area contributed by atoms with Gasteiger partial charge in [-0.25, -0.2) is 0 Å². The highest BCUT2D eigenvalue weighted by atomic mass is 19.4. The van der Waals surface area contributed by atoms with Crippen LogP contribution in [0.3, 0.4) is 0 Å². The van der Waals surface area contributed by atoms with Crippen molar-refractivity contribution in [1.29, 1.82) is 0 Å². The third-order valence-corrected chi connectivity index (χ3v) is 3.55. The Kier molecular flexibility index (Phi) is 5.65.